The van der Waals surface area contributed by atoms with Crippen molar-refractivity contribution in [1.82, 2.24) is 10.2 Å². The molecule has 1 heterocycles. The largest absolute Gasteiger partial charge is 0.477 e. The summed E-state index contributed by atoms with van der Waals surface area (Å²) in [4.78, 5) is 10.7. The van der Waals surface area contributed by atoms with E-state index in [9.17, 15) is 9.18 Å². The highest BCUT2D eigenvalue weighted by atomic mass is 79.9. The Kier molecular flexibility index (Phi) is 1.99. The summed E-state index contributed by atoms with van der Waals surface area (Å²) in [6.07, 6.45) is 0. The third-order valence-corrected chi connectivity index (χ3v) is 2.40. The lowest BCUT2D eigenvalue weighted by Crippen LogP contribution is -1.96. The Morgan fingerprint density at radius 2 is 2.29 bits per heavy atom. The summed E-state index contributed by atoms with van der Waals surface area (Å²) in [5.74, 6) is -1.67. The molecule has 1 aromatic heterocycles. The number of halogens is 2. The second kappa shape index (κ2) is 3.06. The number of aromatic nitrogens is 2. The first-order chi connectivity index (χ1) is 6.59. The van der Waals surface area contributed by atoms with E-state index in [1.54, 1.807) is 0 Å². The molecule has 0 aliphatic rings. The number of nitrogens with zero attached hydrogens (tertiary/aromatic N) is 1. The van der Waals surface area contributed by atoms with Crippen molar-refractivity contribution in [1.29, 1.82) is 0 Å². The van der Waals surface area contributed by atoms with Crippen molar-refractivity contribution < 1.29 is 14.3 Å². The van der Waals surface area contributed by atoms with Gasteiger partial charge in [0.1, 0.15) is 11.3 Å². The molecule has 6 heteroatoms. The van der Waals surface area contributed by atoms with E-state index in [0.29, 0.717) is 9.99 Å². The molecule has 0 saturated heterocycles. The first-order valence-electron chi connectivity index (χ1n) is 3.66. The third-order valence-electron chi connectivity index (χ3n) is 1.79. The Hall–Kier alpha value is -1.43. The maximum absolute atomic E-state index is 13.0. The number of nitrogens with one attached hydrogen (secondary N) is 1. The van der Waals surface area contributed by atoms with Gasteiger partial charge in [-0.25, -0.2) is 9.18 Å². The second-order valence-electron chi connectivity index (χ2n) is 2.69. The number of hydrogen-bond donors (Lipinski definition) is 2. The van der Waals surface area contributed by atoms with Crippen molar-refractivity contribution in [2.24, 2.45) is 0 Å². The van der Waals surface area contributed by atoms with Crippen molar-refractivity contribution in [2.45, 2.75) is 0 Å². The van der Waals surface area contributed by atoms with Crippen molar-refractivity contribution in [3.05, 3.63) is 28.1 Å². The molecule has 2 rings (SSSR count). The van der Waals surface area contributed by atoms with Crippen LogP contribution in [0.1, 0.15) is 10.5 Å². The van der Waals surface area contributed by atoms with Gasteiger partial charge < -0.3 is 5.11 Å². The third kappa shape index (κ3) is 1.27. The van der Waals surface area contributed by atoms with Crippen LogP contribution in [-0.4, -0.2) is 21.3 Å². The molecular formula is C8H4BrFN2O2. The molecule has 0 spiro atoms. The molecule has 14 heavy (non-hydrogen) atoms. The highest BCUT2D eigenvalue weighted by Gasteiger charge is 2.14. The fraction of sp³-hybridized carbons (Fsp3) is 0. The van der Waals surface area contributed by atoms with Crippen LogP contribution in [0.4, 0.5) is 4.39 Å². The normalized spacial score (nSPS) is 10.7. The SMILES string of the molecule is O=C(O)c1[nH]nc2c(Br)cc(F)cc12. The predicted octanol–water partition coefficient (Wildman–Crippen LogP) is 2.16. The molecule has 0 radical (unpaired) electrons. The van der Waals surface area contributed by atoms with E-state index in [1.165, 1.54) is 6.07 Å². The molecule has 0 atom stereocenters. The van der Waals surface area contributed by atoms with Gasteiger partial charge in [0, 0.05) is 9.86 Å². The number of carboxylic acid groups (broad SMARTS) is 1. The van der Waals surface area contributed by atoms with E-state index in [4.69, 9.17) is 5.11 Å². The van der Waals surface area contributed by atoms with Crippen molar-refractivity contribution in [2.75, 3.05) is 0 Å². The summed E-state index contributed by atoms with van der Waals surface area (Å²) in [5, 5.41) is 15.1. The Bertz CT molecular complexity index is 523. The van der Waals surface area contributed by atoms with Gasteiger partial charge in [0.25, 0.3) is 0 Å². The fourth-order valence-electron chi connectivity index (χ4n) is 1.21. The first kappa shape index (κ1) is 9.14. The number of carbonyl (C=O) groups is 1. The van der Waals surface area contributed by atoms with Crippen molar-refractivity contribution in [3.63, 3.8) is 0 Å². The average molecular weight is 259 g/mol. The topological polar surface area (TPSA) is 66.0 Å². The predicted molar refractivity (Wildman–Crippen MR) is 50.7 cm³/mol. The van der Waals surface area contributed by atoms with Crippen LogP contribution in [0.2, 0.25) is 0 Å². The Labute approximate surface area is 85.9 Å². The van der Waals surface area contributed by atoms with Gasteiger partial charge in [0.2, 0.25) is 0 Å². The monoisotopic (exact) mass is 258 g/mol. The minimum atomic E-state index is -1.16. The lowest BCUT2D eigenvalue weighted by atomic mass is 10.2. The minimum Gasteiger partial charge on any atom is -0.477 e. The zero-order chi connectivity index (χ0) is 10.3. The molecule has 2 aromatic rings. The number of fused-ring (bicyclic) bond motifs is 1. The van der Waals surface area contributed by atoms with E-state index in [2.05, 4.69) is 26.1 Å². The van der Waals surface area contributed by atoms with Gasteiger partial charge in [0.15, 0.2) is 5.69 Å². The molecule has 0 saturated carbocycles. The average Bonchev–Trinajstić information content (AvgIpc) is 2.47. The quantitative estimate of drug-likeness (QED) is 0.824. The van der Waals surface area contributed by atoms with Gasteiger partial charge >= 0.3 is 5.97 Å². The zero-order valence-electron chi connectivity index (χ0n) is 6.71. The molecule has 1 aromatic carbocycles. The summed E-state index contributed by atoms with van der Waals surface area (Å²) in [6.45, 7) is 0. The molecular weight excluding hydrogens is 255 g/mol. The maximum atomic E-state index is 13.0. The summed E-state index contributed by atoms with van der Waals surface area (Å²) in [6, 6.07) is 2.36. The van der Waals surface area contributed by atoms with Gasteiger partial charge in [0.05, 0.1) is 0 Å². The Morgan fingerprint density at radius 1 is 1.57 bits per heavy atom. The number of aromatic carboxylic acids is 1. The Morgan fingerprint density at radius 3 is 2.93 bits per heavy atom. The lowest BCUT2D eigenvalue weighted by molar-refractivity contribution is 0.0692. The van der Waals surface area contributed by atoms with E-state index in [1.807, 2.05) is 0 Å². The van der Waals surface area contributed by atoms with Crippen LogP contribution in [0.3, 0.4) is 0 Å². The van der Waals surface area contributed by atoms with Crippen LogP contribution in [0.15, 0.2) is 16.6 Å². The molecule has 0 aliphatic carbocycles. The summed E-state index contributed by atoms with van der Waals surface area (Å²) in [5.41, 5.74) is 0.295. The van der Waals surface area contributed by atoms with Crippen LogP contribution in [0, 0.1) is 5.82 Å². The molecule has 72 valence electrons. The second-order valence-corrected chi connectivity index (χ2v) is 3.54. The molecule has 0 fully saturated rings. The Balaban J connectivity index is 2.85. The number of hydrogen-bond acceptors (Lipinski definition) is 2. The minimum absolute atomic E-state index is 0.111. The highest BCUT2D eigenvalue weighted by Crippen LogP contribution is 2.25. The fourth-order valence-corrected chi connectivity index (χ4v) is 1.73. The van der Waals surface area contributed by atoms with Gasteiger partial charge in [-0.1, -0.05) is 0 Å². The van der Waals surface area contributed by atoms with Gasteiger partial charge in [-0.05, 0) is 28.1 Å². The smallest absolute Gasteiger partial charge is 0.354 e. The number of benzene rings is 1. The number of rotatable bonds is 1. The maximum Gasteiger partial charge on any atom is 0.354 e. The van der Waals surface area contributed by atoms with E-state index in [-0.39, 0.29) is 11.1 Å². The standard InChI is InChI=1S/C8H4BrFN2O2/c9-5-2-3(10)1-4-6(5)11-12-7(4)8(13)14/h1-2H,(H,11,12)(H,13,14). The van der Waals surface area contributed by atoms with Gasteiger partial charge in [-0.3, -0.25) is 5.10 Å². The summed E-state index contributed by atoms with van der Waals surface area (Å²) in [7, 11) is 0. The highest BCUT2D eigenvalue weighted by molar-refractivity contribution is 9.10. The molecule has 0 aliphatic heterocycles. The van der Waals surface area contributed by atoms with Crippen LogP contribution in [0.25, 0.3) is 10.9 Å². The summed E-state index contributed by atoms with van der Waals surface area (Å²) < 4.78 is 13.4. The molecule has 0 unspecified atom stereocenters. The van der Waals surface area contributed by atoms with Crippen LogP contribution in [-0.2, 0) is 0 Å². The molecule has 4 nitrogen and oxygen atoms in total. The first-order valence-corrected chi connectivity index (χ1v) is 4.45. The molecule has 0 amide bonds. The van der Waals surface area contributed by atoms with Gasteiger partial charge in [-0.2, -0.15) is 5.10 Å². The molecule has 2 N–H and O–H groups in total. The van der Waals surface area contributed by atoms with Crippen LogP contribution >= 0.6 is 15.9 Å². The van der Waals surface area contributed by atoms with E-state index in [0.717, 1.165) is 6.07 Å². The lowest BCUT2D eigenvalue weighted by Gasteiger charge is -1.94. The van der Waals surface area contributed by atoms with Crippen molar-refractivity contribution in [3.8, 4) is 0 Å². The number of carboxylic acids is 1. The van der Waals surface area contributed by atoms with Crippen LogP contribution < -0.4 is 0 Å². The van der Waals surface area contributed by atoms with Crippen LogP contribution in [0.5, 0.6) is 0 Å². The summed E-state index contributed by atoms with van der Waals surface area (Å²) >= 11 is 3.09. The number of aromatic amines is 1. The van der Waals surface area contributed by atoms with E-state index < -0.39 is 11.8 Å². The van der Waals surface area contributed by atoms with E-state index >= 15 is 0 Å². The zero-order valence-corrected chi connectivity index (χ0v) is 8.30. The molecule has 0 bridgehead atoms. The van der Waals surface area contributed by atoms with Crippen molar-refractivity contribution >= 4 is 32.8 Å². The number of H-pyrrole nitrogens is 1. The van der Waals surface area contributed by atoms with Gasteiger partial charge in [-0.15, -0.1) is 0 Å².